The molecule has 0 aliphatic heterocycles. The van der Waals surface area contributed by atoms with Crippen LogP contribution in [0.3, 0.4) is 0 Å². The van der Waals surface area contributed by atoms with Gasteiger partial charge in [0.2, 0.25) is 0 Å². The molecule has 0 rings (SSSR count). The molecule has 4 N–H and O–H groups in total. The number of nitrogens with two attached hydrogens (primary N) is 2. The van der Waals surface area contributed by atoms with Crippen LogP contribution < -0.4 is 11.5 Å². The van der Waals surface area contributed by atoms with E-state index in [0.717, 1.165) is 12.8 Å². The van der Waals surface area contributed by atoms with E-state index in [1.54, 1.807) is 0 Å². The van der Waals surface area contributed by atoms with E-state index in [1.165, 1.54) is 6.42 Å². The van der Waals surface area contributed by atoms with Gasteiger partial charge in [0.05, 0.1) is 6.17 Å². The molecule has 0 aliphatic carbocycles. The van der Waals surface area contributed by atoms with Gasteiger partial charge in [0, 0.05) is 0 Å². The Morgan fingerprint density at radius 1 is 1.22 bits per heavy atom. The highest BCUT2D eigenvalue weighted by molar-refractivity contribution is 4.64. The van der Waals surface area contributed by atoms with Crippen LogP contribution in [0.1, 0.15) is 33.1 Å². The van der Waals surface area contributed by atoms with Gasteiger partial charge in [-0.3, -0.25) is 0 Å². The average molecular weight is 130 g/mol. The molecule has 0 saturated heterocycles. The lowest BCUT2D eigenvalue weighted by Crippen LogP contribution is -2.38. The van der Waals surface area contributed by atoms with Gasteiger partial charge >= 0.3 is 0 Å². The maximum absolute atomic E-state index is 5.51. The van der Waals surface area contributed by atoms with E-state index in [9.17, 15) is 0 Å². The fraction of sp³-hybridized carbons (Fsp3) is 1.00. The van der Waals surface area contributed by atoms with Crippen LogP contribution in [-0.4, -0.2) is 6.17 Å². The summed E-state index contributed by atoms with van der Waals surface area (Å²) < 4.78 is 0. The zero-order chi connectivity index (χ0) is 7.28. The molecule has 9 heavy (non-hydrogen) atoms. The van der Waals surface area contributed by atoms with Crippen LogP contribution in [0.15, 0.2) is 0 Å². The molecule has 1 atom stereocenters. The first-order chi connectivity index (χ1) is 4.22. The Balaban J connectivity index is 3.41. The Morgan fingerprint density at radius 3 is 1.89 bits per heavy atom. The fourth-order valence-corrected chi connectivity index (χ4v) is 1.04. The van der Waals surface area contributed by atoms with E-state index in [0.29, 0.717) is 5.92 Å². The average Bonchev–Trinajstić information content (AvgIpc) is 1.82. The van der Waals surface area contributed by atoms with Crippen molar-refractivity contribution >= 4 is 0 Å². The van der Waals surface area contributed by atoms with Crippen molar-refractivity contribution in [1.29, 1.82) is 0 Å². The molecule has 0 fully saturated rings. The maximum atomic E-state index is 5.51. The maximum Gasteiger partial charge on any atom is 0.0549 e. The molecule has 2 heteroatoms. The minimum Gasteiger partial charge on any atom is -0.316 e. The molecule has 0 saturated carbocycles. The van der Waals surface area contributed by atoms with Gasteiger partial charge in [-0.05, 0) is 12.3 Å². The third-order valence-corrected chi connectivity index (χ3v) is 1.73. The van der Waals surface area contributed by atoms with Crippen LogP contribution in [0.4, 0.5) is 0 Å². The predicted molar refractivity (Wildman–Crippen MR) is 40.9 cm³/mol. The third-order valence-electron chi connectivity index (χ3n) is 1.73. The molecule has 56 valence electrons. The van der Waals surface area contributed by atoms with Crippen molar-refractivity contribution in [3.8, 4) is 0 Å². The van der Waals surface area contributed by atoms with Gasteiger partial charge in [0.15, 0.2) is 0 Å². The second-order valence-corrected chi connectivity index (χ2v) is 2.53. The molecule has 1 unspecified atom stereocenters. The Bertz CT molecular complexity index is 61.9. The van der Waals surface area contributed by atoms with Crippen molar-refractivity contribution in [2.45, 2.75) is 39.3 Å². The largest absolute Gasteiger partial charge is 0.316 e. The van der Waals surface area contributed by atoms with Gasteiger partial charge in [-0.1, -0.05) is 26.7 Å². The topological polar surface area (TPSA) is 52.0 Å². The number of hydrogen-bond acceptors (Lipinski definition) is 2. The van der Waals surface area contributed by atoms with Crippen molar-refractivity contribution in [2.75, 3.05) is 0 Å². The second-order valence-electron chi connectivity index (χ2n) is 2.53. The number of rotatable bonds is 4. The van der Waals surface area contributed by atoms with Gasteiger partial charge in [-0.2, -0.15) is 0 Å². The first-order valence-corrected chi connectivity index (χ1v) is 3.73. The van der Waals surface area contributed by atoms with E-state index in [-0.39, 0.29) is 6.17 Å². The molecular formula is C7H18N2. The lowest BCUT2D eigenvalue weighted by atomic mass is 9.98. The lowest BCUT2D eigenvalue weighted by molar-refractivity contribution is 0.385. The Labute approximate surface area is 57.6 Å². The van der Waals surface area contributed by atoms with Crippen molar-refractivity contribution < 1.29 is 0 Å². The van der Waals surface area contributed by atoms with E-state index in [2.05, 4.69) is 13.8 Å². The van der Waals surface area contributed by atoms with E-state index >= 15 is 0 Å². The van der Waals surface area contributed by atoms with Crippen LogP contribution in [-0.2, 0) is 0 Å². The zero-order valence-electron chi connectivity index (χ0n) is 6.43. The van der Waals surface area contributed by atoms with Crippen molar-refractivity contribution in [2.24, 2.45) is 17.4 Å². The summed E-state index contributed by atoms with van der Waals surface area (Å²) in [5.41, 5.74) is 11.0. The molecule has 0 aromatic carbocycles. The summed E-state index contributed by atoms with van der Waals surface area (Å²) in [7, 11) is 0. The molecule has 0 radical (unpaired) electrons. The normalized spacial score (nSPS) is 14.3. The molecule has 0 spiro atoms. The van der Waals surface area contributed by atoms with Gasteiger partial charge < -0.3 is 11.5 Å². The zero-order valence-corrected chi connectivity index (χ0v) is 6.43. The number of hydrogen-bond donors (Lipinski definition) is 2. The highest BCUT2D eigenvalue weighted by Crippen LogP contribution is 2.10. The molecule has 0 aromatic heterocycles. The Morgan fingerprint density at radius 2 is 1.78 bits per heavy atom. The smallest absolute Gasteiger partial charge is 0.0549 e. The van der Waals surface area contributed by atoms with Crippen LogP contribution in [0.5, 0.6) is 0 Å². The summed E-state index contributed by atoms with van der Waals surface area (Å²) >= 11 is 0. The van der Waals surface area contributed by atoms with Gasteiger partial charge in [0.1, 0.15) is 0 Å². The molecule has 0 amide bonds. The van der Waals surface area contributed by atoms with E-state index in [1.807, 2.05) is 0 Å². The van der Waals surface area contributed by atoms with Crippen LogP contribution >= 0.6 is 0 Å². The van der Waals surface area contributed by atoms with Gasteiger partial charge in [0.25, 0.3) is 0 Å². The first kappa shape index (κ1) is 8.92. The minimum absolute atomic E-state index is 0.116. The highest BCUT2D eigenvalue weighted by Gasteiger charge is 2.08. The second kappa shape index (κ2) is 4.77. The minimum atomic E-state index is -0.116. The van der Waals surface area contributed by atoms with Crippen LogP contribution in [0, 0.1) is 5.92 Å². The van der Waals surface area contributed by atoms with Crippen molar-refractivity contribution in [1.82, 2.24) is 0 Å². The van der Waals surface area contributed by atoms with E-state index < -0.39 is 0 Å². The summed E-state index contributed by atoms with van der Waals surface area (Å²) in [4.78, 5) is 0. The summed E-state index contributed by atoms with van der Waals surface area (Å²) in [6.45, 7) is 4.29. The summed E-state index contributed by atoms with van der Waals surface area (Å²) in [5, 5.41) is 0. The SMILES string of the molecule is CCCC(CC)C(N)N. The van der Waals surface area contributed by atoms with Gasteiger partial charge in [-0.25, -0.2) is 0 Å². The summed E-state index contributed by atoms with van der Waals surface area (Å²) in [5.74, 6) is 0.523. The fourth-order valence-electron chi connectivity index (χ4n) is 1.04. The third kappa shape index (κ3) is 3.49. The molecule has 0 aromatic rings. The van der Waals surface area contributed by atoms with E-state index in [4.69, 9.17) is 11.5 Å². The lowest BCUT2D eigenvalue weighted by Gasteiger charge is -2.16. The quantitative estimate of drug-likeness (QED) is 0.559. The summed E-state index contributed by atoms with van der Waals surface area (Å²) in [6.07, 6.45) is 3.33. The van der Waals surface area contributed by atoms with Gasteiger partial charge in [-0.15, -0.1) is 0 Å². The molecule has 0 bridgehead atoms. The standard InChI is InChI=1S/C7H18N2/c1-3-5-6(4-2)7(8)9/h6-7H,3-5,8-9H2,1-2H3. The van der Waals surface area contributed by atoms with Crippen molar-refractivity contribution in [3.63, 3.8) is 0 Å². The molecule has 0 aliphatic rings. The Kier molecular flexibility index (Phi) is 4.72. The van der Waals surface area contributed by atoms with Crippen molar-refractivity contribution in [3.05, 3.63) is 0 Å². The monoisotopic (exact) mass is 130 g/mol. The molecular weight excluding hydrogens is 112 g/mol. The first-order valence-electron chi connectivity index (χ1n) is 3.73. The highest BCUT2D eigenvalue weighted by atomic mass is 14.9. The van der Waals surface area contributed by atoms with Crippen LogP contribution in [0.2, 0.25) is 0 Å². The molecule has 0 heterocycles. The Hall–Kier alpha value is -0.0800. The summed E-state index contributed by atoms with van der Waals surface area (Å²) in [6, 6.07) is 0. The van der Waals surface area contributed by atoms with Crippen LogP contribution in [0.25, 0.3) is 0 Å². The predicted octanol–water partition coefficient (Wildman–Crippen LogP) is 1.06. The molecule has 2 nitrogen and oxygen atoms in total.